The van der Waals surface area contributed by atoms with Gasteiger partial charge in [-0.2, -0.15) is 0 Å². The fourth-order valence-corrected chi connectivity index (χ4v) is 3.39. The van der Waals surface area contributed by atoms with Gasteiger partial charge in [-0.1, -0.05) is 17.7 Å². The zero-order valence-corrected chi connectivity index (χ0v) is 17.1. The van der Waals surface area contributed by atoms with Crippen molar-refractivity contribution < 1.29 is 28.6 Å². The second-order valence-corrected chi connectivity index (χ2v) is 7.37. The predicted molar refractivity (Wildman–Crippen MR) is 111 cm³/mol. The minimum atomic E-state index is -0.584. The number of hydrazine groups is 1. The Morgan fingerprint density at radius 1 is 1.06 bits per heavy atom. The second kappa shape index (κ2) is 8.95. The maximum Gasteiger partial charge on any atom is 0.276 e. The van der Waals surface area contributed by atoms with Crippen molar-refractivity contribution in [3.8, 4) is 17.2 Å². The van der Waals surface area contributed by atoms with Crippen LogP contribution in [0.15, 0.2) is 42.5 Å². The molecule has 31 heavy (non-hydrogen) atoms. The largest absolute Gasteiger partial charge is 0.486 e. The van der Waals surface area contributed by atoms with Crippen molar-refractivity contribution in [1.29, 1.82) is 0 Å². The third-order valence-corrected chi connectivity index (χ3v) is 5.05. The molecule has 2 heterocycles. The molecule has 0 spiro atoms. The molecule has 4 rings (SSSR count). The highest BCUT2D eigenvalue weighted by atomic mass is 16.6. The maximum absolute atomic E-state index is 12.4. The Balaban J connectivity index is 1.27. The molecule has 0 radical (unpaired) electrons. The number of anilines is 1. The van der Waals surface area contributed by atoms with Crippen LogP contribution in [0.5, 0.6) is 17.2 Å². The number of ether oxygens (including phenoxy) is 3. The van der Waals surface area contributed by atoms with Crippen LogP contribution in [0.2, 0.25) is 0 Å². The maximum atomic E-state index is 12.4. The average Bonchev–Trinajstić information content (AvgIpc) is 3.18. The quantitative estimate of drug-likeness (QED) is 0.701. The van der Waals surface area contributed by atoms with Crippen molar-refractivity contribution >= 4 is 23.4 Å². The summed E-state index contributed by atoms with van der Waals surface area (Å²) in [6.07, 6.45) is 0.0516. The van der Waals surface area contributed by atoms with E-state index >= 15 is 0 Å². The minimum absolute atomic E-state index is 0.0516. The zero-order valence-electron chi connectivity index (χ0n) is 17.1. The fourth-order valence-electron chi connectivity index (χ4n) is 3.39. The number of benzene rings is 2. The number of nitrogens with one attached hydrogen (secondary N) is 2. The predicted octanol–water partition coefficient (Wildman–Crippen LogP) is 1.35. The summed E-state index contributed by atoms with van der Waals surface area (Å²) in [6, 6.07) is 12.5. The third-order valence-electron chi connectivity index (χ3n) is 5.05. The second-order valence-electron chi connectivity index (χ2n) is 7.37. The Hall–Kier alpha value is -3.75. The summed E-state index contributed by atoms with van der Waals surface area (Å²) in [6.45, 7) is 2.85. The van der Waals surface area contributed by atoms with Gasteiger partial charge in [0, 0.05) is 24.7 Å². The third kappa shape index (κ3) is 4.88. The minimum Gasteiger partial charge on any atom is -0.486 e. The topological polar surface area (TPSA) is 106 Å². The van der Waals surface area contributed by atoms with Gasteiger partial charge < -0.3 is 19.1 Å². The van der Waals surface area contributed by atoms with Crippen LogP contribution in [0.3, 0.4) is 0 Å². The molecule has 162 valence electrons. The molecule has 2 aliphatic rings. The first-order valence-electron chi connectivity index (χ1n) is 9.98. The molecule has 2 aromatic carbocycles. The lowest BCUT2D eigenvalue weighted by molar-refractivity contribution is -0.132. The van der Waals surface area contributed by atoms with Gasteiger partial charge >= 0.3 is 0 Å². The summed E-state index contributed by atoms with van der Waals surface area (Å²) < 4.78 is 16.4. The Morgan fingerprint density at radius 3 is 2.58 bits per heavy atom. The number of aryl methyl sites for hydroxylation is 1. The molecular formula is C22H23N3O6. The molecule has 9 nitrogen and oxygen atoms in total. The molecule has 3 amide bonds. The number of hydrogen-bond donors (Lipinski definition) is 2. The molecule has 0 bridgehead atoms. The van der Waals surface area contributed by atoms with E-state index in [9.17, 15) is 14.4 Å². The van der Waals surface area contributed by atoms with Crippen LogP contribution in [-0.2, 0) is 14.4 Å². The lowest BCUT2D eigenvalue weighted by atomic mass is 10.1. The van der Waals surface area contributed by atoms with Crippen molar-refractivity contribution in [2.24, 2.45) is 5.92 Å². The van der Waals surface area contributed by atoms with Gasteiger partial charge in [0.1, 0.15) is 19.0 Å². The molecule has 2 aromatic rings. The smallest absolute Gasteiger partial charge is 0.276 e. The highest BCUT2D eigenvalue weighted by molar-refractivity contribution is 6.00. The molecule has 9 heteroatoms. The Bertz CT molecular complexity index is 991. The summed E-state index contributed by atoms with van der Waals surface area (Å²) in [7, 11) is 0. The standard InChI is InChI=1S/C22H23N3O6/c1-14-2-5-17(6-3-14)31-13-20(26)23-24-22(28)15-10-21(27)25(12-15)16-4-7-18-19(11-16)30-9-8-29-18/h2-7,11,15H,8-10,12-13H2,1H3,(H,23,26)(H,24,28)/t15-/m1/s1. The van der Waals surface area contributed by atoms with Crippen LogP contribution >= 0.6 is 0 Å². The van der Waals surface area contributed by atoms with E-state index in [0.717, 1.165) is 5.56 Å². The van der Waals surface area contributed by atoms with E-state index < -0.39 is 17.7 Å². The SMILES string of the molecule is Cc1ccc(OCC(=O)NNC(=O)[C@@H]2CC(=O)N(c3ccc4c(c3)OCCO4)C2)cc1. The molecule has 1 atom stereocenters. The van der Waals surface area contributed by atoms with E-state index in [1.165, 1.54) is 4.90 Å². The van der Waals surface area contributed by atoms with E-state index in [1.807, 2.05) is 19.1 Å². The molecular weight excluding hydrogens is 402 g/mol. The normalized spacial score (nSPS) is 17.3. The zero-order chi connectivity index (χ0) is 21.8. The summed E-state index contributed by atoms with van der Waals surface area (Å²) in [5, 5.41) is 0. The molecule has 0 aliphatic carbocycles. The van der Waals surface area contributed by atoms with Gasteiger partial charge in [0.2, 0.25) is 11.8 Å². The van der Waals surface area contributed by atoms with Crippen LogP contribution in [-0.4, -0.2) is 44.1 Å². The number of rotatable bonds is 5. The van der Waals surface area contributed by atoms with Gasteiger partial charge in [-0.05, 0) is 31.2 Å². The number of carbonyl (C=O) groups excluding carboxylic acids is 3. The van der Waals surface area contributed by atoms with Crippen LogP contribution in [0, 0.1) is 12.8 Å². The van der Waals surface area contributed by atoms with E-state index in [0.29, 0.717) is 36.1 Å². The monoisotopic (exact) mass is 425 g/mol. The highest BCUT2D eigenvalue weighted by Gasteiger charge is 2.35. The van der Waals surface area contributed by atoms with Crippen molar-refractivity contribution in [3.05, 3.63) is 48.0 Å². The number of fused-ring (bicyclic) bond motifs is 1. The molecule has 1 saturated heterocycles. The van der Waals surface area contributed by atoms with Crippen LogP contribution in [0.25, 0.3) is 0 Å². The van der Waals surface area contributed by atoms with E-state index in [2.05, 4.69) is 10.9 Å². The molecule has 0 unspecified atom stereocenters. The summed E-state index contributed by atoms with van der Waals surface area (Å²) >= 11 is 0. The molecule has 1 fully saturated rings. The van der Waals surface area contributed by atoms with Gasteiger partial charge in [0.15, 0.2) is 18.1 Å². The number of nitrogens with zero attached hydrogens (tertiary/aromatic N) is 1. The fraction of sp³-hybridized carbons (Fsp3) is 0.318. The summed E-state index contributed by atoms with van der Waals surface area (Å²) in [5.74, 6) is 0.0734. The van der Waals surface area contributed by atoms with Gasteiger partial charge in [-0.15, -0.1) is 0 Å². The van der Waals surface area contributed by atoms with Gasteiger partial charge in [-0.3, -0.25) is 25.2 Å². The lowest BCUT2D eigenvalue weighted by Crippen LogP contribution is -2.46. The average molecular weight is 425 g/mol. The Kier molecular flexibility index (Phi) is 5.92. The van der Waals surface area contributed by atoms with Crippen molar-refractivity contribution in [2.75, 3.05) is 31.3 Å². The van der Waals surface area contributed by atoms with Gasteiger partial charge in [0.05, 0.1) is 5.92 Å². The first-order chi connectivity index (χ1) is 15.0. The number of carbonyl (C=O) groups is 3. The first-order valence-corrected chi connectivity index (χ1v) is 9.98. The lowest BCUT2D eigenvalue weighted by Gasteiger charge is -2.22. The highest BCUT2D eigenvalue weighted by Crippen LogP contribution is 2.35. The molecule has 0 saturated carbocycles. The number of amides is 3. The van der Waals surface area contributed by atoms with E-state index in [-0.39, 0.29) is 25.5 Å². The Morgan fingerprint density at radius 2 is 1.81 bits per heavy atom. The van der Waals surface area contributed by atoms with Crippen molar-refractivity contribution in [1.82, 2.24) is 10.9 Å². The van der Waals surface area contributed by atoms with Gasteiger partial charge in [-0.25, -0.2) is 0 Å². The summed E-state index contributed by atoms with van der Waals surface area (Å²) in [5.41, 5.74) is 6.41. The van der Waals surface area contributed by atoms with Crippen LogP contribution in [0.4, 0.5) is 5.69 Å². The van der Waals surface area contributed by atoms with Crippen molar-refractivity contribution in [3.63, 3.8) is 0 Å². The van der Waals surface area contributed by atoms with E-state index in [4.69, 9.17) is 14.2 Å². The van der Waals surface area contributed by atoms with Crippen LogP contribution < -0.4 is 30.0 Å². The molecule has 2 N–H and O–H groups in total. The van der Waals surface area contributed by atoms with Crippen molar-refractivity contribution in [2.45, 2.75) is 13.3 Å². The van der Waals surface area contributed by atoms with E-state index in [1.54, 1.807) is 30.3 Å². The number of hydrogen-bond acceptors (Lipinski definition) is 6. The first kappa shape index (κ1) is 20.5. The van der Waals surface area contributed by atoms with Crippen LogP contribution in [0.1, 0.15) is 12.0 Å². The van der Waals surface area contributed by atoms with Gasteiger partial charge in [0.25, 0.3) is 5.91 Å². The summed E-state index contributed by atoms with van der Waals surface area (Å²) in [4.78, 5) is 38.3. The molecule has 0 aromatic heterocycles. The molecule has 2 aliphatic heterocycles. The Labute approximate surface area is 179 Å².